The standard InChI is InChI=1S/C24H18ClNO4/c1-28-23-14-17(13-19(15-26)18-8-10-20(25)11-9-18)7-12-22(23)30-24(27)16-29-21-5-3-2-4-6-21/h2-14H,16H2,1H3/b19-13+. The highest BCUT2D eigenvalue weighted by Gasteiger charge is 2.12. The van der Waals surface area contributed by atoms with Crippen LogP contribution in [0.2, 0.25) is 5.02 Å². The van der Waals surface area contributed by atoms with Gasteiger partial charge in [0.25, 0.3) is 0 Å². The van der Waals surface area contributed by atoms with Crippen molar-refractivity contribution >= 4 is 29.2 Å². The van der Waals surface area contributed by atoms with Gasteiger partial charge in [-0.3, -0.25) is 0 Å². The molecule has 0 saturated carbocycles. The SMILES string of the molecule is COc1cc(/C=C(\C#N)c2ccc(Cl)cc2)ccc1OC(=O)COc1ccccc1. The molecular weight excluding hydrogens is 402 g/mol. The number of ether oxygens (including phenoxy) is 3. The summed E-state index contributed by atoms with van der Waals surface area (Å²) in [6.07, 6.45) is 1.72. The molecule has 0 aliphatic heterocycles. The van der Waals surface area contributed by atoms with Gasteiger partial charge < -0.3 is 14.2 Å². The lowest BCUT2D eigenvalue weighted by molar-refractivity contribution is -0.136. The number of benzene rings is 3. The molecule has 3 aromatic rings. The summed E-state index contributed by atoms with van der Waals surface area (Å²) < 4.78 is 16.1. The van der Waals surface area contributed by atoms with E-state index >= 15 is 0 Å². The third kappa shape index (κ3) is 5.63. The summed E-state index contributed by atoms with van der Waals surface area (Å²) in [5, 5.41) is 10.1. The first-order valence-corrected chi connectivity index (χ1v) is 9.41. The Kier molecular flexibility index (Phi) is 7.09. The number of carbonyl (C=O) groups is 1. The van der Waals surface area contributed by atoms with Crippen LogP contribution in [0.25, 0.3) is 11.6 Å². The monoisotopic (exact) mass is 419 g/mol. The van der Waals surface area contributed by atoms with Gasteiger partial charge in [-0.05, 0) is 53.6 Å². The number of hydrogen-bond donors (Lipinski definition) is 0. The molecule has 0 aliphatic carbocycles. The van der Waals surface area contributed by atoms with Crippen LogP contribution in [-0.4, -0.2) is 19.7 Å². The largest absolute Gasteiger partial charge is 0.493 e. The van der Waals surface area contributed by atoms with Gasteiger partial charge in [-0.2, -0.15) is 5.26 Å². The van der Waals surface area contributed by atoms with Crippen molar-refractivity contribution in [2.75, 3.05) is 13.7 Å². The smallest absolute Gasteiger partial charge is 0.349 e. The van der Waals surface area contributed by atoms with Crippen molar-refractivity contribution in [3.8, 4) is 23.3 Å². The van der Waals surface area contributed by atoms with Crippen LogP contribution in [-0.2, 0) is 4.79 Å². The number of nitrogens with zero attached hydrogens (tertiary/aromatic N) is 1. The topological polar surface area (TPSA) is 68.5 Å². The molecule has 3 rings (SSSR count). The van der Waals surface area contributed by atoms with Crippen molar-refractivity contribution in [3.63, 3.8) is 0 Å². The van der Waals surface area contributed by atoms with E-state index in [4.69, 9.17) is 25.8 Å². The molecule has 0 spiro atoms. The molecule has 0 radical (unpaired) electrons. The van der Waals surface area contributed by atoms with Crippen molar-refractivity contribution < 1.29 is 19.0 Å². The molecule has 0 saturated heterocycles. The Labute approximate surface area is 179 Å². The molecule has 5 nitrogen and oxygen atoms in total. The van der Waals surface area contributed by atoms with E-state index in [1.807, 2.05) is 18.2 Å². The summed E-state index contributed by atoms with van der Waals surface area (Å²) in [6, 6.07) is 23.2. The molecule has 0 aromatic heterocycles. The normalized spacial score (nSPS) is 10.8. The molecule has 0 atom stereocenters. The van der Waals surface area contributed by atoms with Crippen molar-refractivity contribution in [2.24, 2.45) is 0 Å². The van der Waals surface area contributed by atoms with Gasteiger partial charge in [0.15, 0.2) is 18.1 Å². The molecular formula is C24H18ClNO4. The lowest BCUT2D eigenvalue weighted by atomic mass is 10.0. The zero-order chi connectivity index (χ0) is 21.3. The quantitative estimate of drug-likeness (QED) is 0.222. The Morgan fingerprint density at radius 3 is 2.43 bits per heavy atom. The molecule has 6 heteroatoms. The number of para-hydroxylation sites is 1. The highest BCUT2D eigenvalue weighted by atomic mass is 35.5. The van der Waals surface area contributed by atoms with Gasteiger partial charge in [0, 0.05) is 5.02 Å². The van der Waals surface area contributed by atoms with Gasteiger partial charge >= 0.3 is 5.97 Å². The van der Waals surface area contributed by atoms with Crippen LogP contribution < -0.4 is 14.2 Å². The number of methoxy groups -OCH3 is 1. The minimum Gasteiger partial charge on any atom is -0.493 e. The number of carbonyl (C=O) groups excluding carboxylic acids is 1. The van der Waals surface area contributed by atoms with Gasteiger partial charge in [-0.25, -0.2) is 4.79 Å². The first kappa shape index (κ1) is 21.0. The Hall–Kier alpha value is -3.75. The van der Waals surface area contributed by atoms with E-state index in [2.05, 4.69) is 6.07 Å². The summed E-state index contributed by atoms with van der Waals surface area (Å²) in [5.41, 5.74) is 1.93. The fourth-order valence-corrected chi connectivity index (χ4v) is 2.77. The van der Waals surface area contributed by atoms with E-state index in [1.54, 1.807) is 60.7 Å². The Morgan fingerprint density at radius 1 is 1.03 bits per heavy atom. The van der Waals surface area contributed by atoms with Gasteiger partial charge in [0.2, 0.25) is 0 Å². The van der Waals surface area contributed by atoms with Crippen molar-refractivity contribution in [2.45, 2.75) is 0 Å². The maximum absolute atomic E-state index is 12.1. The predicted molar refractivity (Wildman–Crippen MR) is 116 cm³/mol. The highest BCUT2D eigenvalue weighted by molar-refractivity contribution is 6.30. The number of rotatable bonds is 7. The summed E-state index contributed by atoms with van der Waals surface area (Å²) in [6.45, 7) is -0.232. The second-order valence-corrected chi connectivity index (χ2v) is 6.60. The third-order valence-corrected chi connectivity index (χ3v) is 4.35. The van der Waals surface area contributed by atoms with Gasteiger partial charge in [0.1, 0.15) is 5.75 Å². The number of nitriles is 1. The number of hydrogen-bond acceptors (Lipinski definition) is 5. The molecule has 0 heterocycles. The van der Waals surface area contributed by atoms with Crippen molar-refractivity contribution in [1.29, 1.82) is 5.26 Å². The number of esters is 1. The van der Waals surface area contributed by atoms with E-state index < -0.39 is 5.97 Å². The molecule has 0 unspecified atom stereocenters. The Bertz CT molecular complexity index is 1090. The van der Waals surface area contributed by atoms with E-state index in [1.165, 1.54) is 7.11 Å². The first-order chi connectivity index (χ1) is 14.6. The molecule has 0 N–H and O–H groups in total. The van der Waals surface area contributed by atoms with Crippen LogP contribution in [0.15, 0.2) is 72.8 Å². The molecule has 0 bridgehead atoms. The minimum absolute atomic E-state index is 0.232. The molecule has 30 heavy (non-hydrogen) atoms. The van der Waals surface area contributed by atoms with Crippen LogP contribution in [0, 0.1) is 11.3 Å². The fraction of sp³-hybridized carbons (Fsp3) is 0.0833. The zero-order valence-electron chi connectivity index (χ0n) is 16.2. The predicted octanol–water partition coefficient (Wildman–Crippen LogP) is 5.40. The highest BCUT2D eigenvalue weighted by Crippen LogP contribution is 2.30. The minimum atomic E-state index is -0.556. The Balaban J connectivity index is 1.73. The Morgan fingerprint density at radius 2 is 1.77 bits per heavy atom. The van der Waals surface area contributed by atoms with E-state index in [9.17, 15) is 10.1 Å². The maximum atomic E-state index is 12.1. The molecule has 0 aliphatic rings. The fourth-order valence-electron chi connectivity index (χ4n) is 2.65. The molecule has 150 valence electrons. The van der Waals surface area contributed by atoms with E-state index in [0.29, 0.717) is 22.1 Å². The van der Waals surface area contributed by atoms with Crippen LogP contribution in [0.4, 0.5) is 0 Å². The van der Waals surface area contributed by atoms with Gasteiger partial charge in [-0.15, -0.1) is 0 Å². The average Bonchev–Trinajstić information content (AvgIpc) is 2.78. The second kappa shape index (κ2) is 10.1. The first-order valence-electron chi connectivity index (χ1n) is 9.03. The van der Waals surface area contributed by atoms with Crippen molar-refractivity contribution in [1.82, 2.24) is 0 Å². The second-order valence-electron chi connectivity index (χ2n) is 6.16. The van der Waals surface area contributed by atoms with Gasteiger partial charge in [0.05, 0.1) is 18.8 Å². The van der Waals surface area contributed by atoms with Crippen LogP contribution >= 0.6 is 11.6 Å². The summed E-state index contributed by atoms with van der Waals surface area (Å²) in [5.74, 6) is 0.652. The molecule has 3 aromatic carbocycles. The van der Waals surface area contributed by atoms with E-state index in [-0.39, 0.29) is 12.4 Å². The van der Waals surface area contributed by atoms with E-state index in [0.717, 1.165) is 11.1 Å². The molecule has 0 fully saturated rings. The number of halogens is 1. The lowest BCUT2D eigenvalue weighted by Crippen LogP contribution is -2.18. The van der Waals surface area contributed by atoms with Crippen LogP contribution in [0.5, 0.6) is 17.2 Å². The molecule has 0 amide bonds. The van der Waals surface area contributed by atoms with Crippen molar-refractivity contribution in [3.05, 3.63) is 88.9 Å². The summed E-state index contributed by atoms with van der Waals surface area (Å²) >= 11 is 5.91. The summed E-state index contributed by atoms with van der Waals surface area (Å²) in [4.78, 5) is 12.1. The maximum Gasteiger partial charge on any atom is 0.349 e. The third-order valence-electron chi connectivity index (χ3n) is 4.10. The van der Waals surface area contributed by atoms with Crippen LogP contribution in [0.1, 0.15) is 11.1 Å². The zero-order valence-corrected chi connectivity index (χ0v) is 16.9. The number of allylic oxidation sites excluding steroid dienone is 1. The lowest BCUT2D eigenvalue weighted by Gasteiger charge is -2.11. The average molecular weight is 420 g/mol. The van der Waals surface area contributed by atoms with Crippen LogP contribution in [0.3, 0.4) is 0 Å². The van der Waals surface area contributed by atoms with Gasteiger partial charge in [-0.1, -0.05) is 48.0 Å². The summed E-state index contributed by atoms with van der Waals surface area (Å²) in [7, 11) is 1.48.